The highest BCUT2D eigenvalue weighted by Crippen LogP contribution is 2.17. The molecule has 3 nitrogen and oxygen atoms in total. The number of halogens is 1. The summed E-state index contributed by atoms with van der Waals surface area (Å²) in [6, 6.07) is 5.16. The normalized spacial score (nSPS) is 12.0. The minimum atomic E-state index is -0.360. The number of hydrogen-bond acceptors (Lipinski definition) is 2. The lowest BCUT2D eigenvalue weighted by Crippen LogP contribution is -2.35. The van der Waals surface area contributed by atoms with Gasteiger partial charge in [-0.25, -0.2) is 0 Å². The minimum absolute atomic E-state index is 0.112. The summed E-state index contributed by atoms with van der Waals surface area (Å²) in [6.45, 7) is 5.82. The molecule has 1 aromatic heterocycles. The third-order valence-electron chi connectivity index (χ3n) is 2.53. The lowest BCUT2D eigenvalue weighted by Gasteiger charge is -2.22. The van der Waals surface area contributed by atoms with Crippen molar-refractivity contribution >= 4 is 34.7 Å². The van der Waals surface area contributed by atoms with Crippen LogP contribution in [-0.2, 0) is 5.54 Å². The molecule has 1 aromatic carbocycles. The molecule has 0 saturated heterocycles. The highest BCUT2D eigenvalue weighted by atomic mass is 35.5. The average molecular weight is 269 g/mol. The highest BCUT2D eigenvalue weighted by molar-refractivity contribution is 7.71. The Bertz CT molecular complexity index is 694. The molecule has 0 atom stereocenters. The van der Waals surface area contributed by atoms with Gasteiger partial charge in [0.15, 0.2) is 4.77 Å². The van der Waals surface area contributed by atoms with Crippen LogP contribution in [0.3, 0.4) is 0 Å². The third-order valence-corrected chi connectivity index (χ3v) is 3.05. The Hall–Kier alpha value is -1.13. The first-order valence-corrected chi connectivity index (χ1v) is 6.04. The summed E-state index contributed by atoms with van der Waals surface area (Å²) in [5.74, 6) is 0. The van der Waals surface area contributed by atoms with Crippen molar-refractivity contribution in [3.8, 4) is 0 Å². The zero-order valence-corrected chi connectivity index (χ0v) is 11.4. The Kier molecular flexibility index (Phi) is 2.87. The summed E-state index contributed by atoms with van der Waals surface area (Å²) in [5, 5.41) is 1.10. The topological polar surface area (TPSA) is 37.8 Å². The van der Waals surface area contributed by atoms with E-state index in [1.807, 2.05) is 20.8 Å². The van der Waals surface area contributed by atoms with Crippen LogP contribution < -0.4 is 5.56 Å². The van der Waals surface area contributed by atoms with Gasteiger partial charge < -0.3 is 4.98 Å². The molecule has 1 N–H and O–H groups in total. The molecule has 0 aliphatic heterocycles. The van der Waals surface area contributed by atoms with E-state index in [-0.39, 0.29) is 11.1 Å². The molecule has 17 heavy (non-hydrogen) atoms. The van der Waals surface area contributed by atoms with E-state index in [0.29, 0.717) is 20.7 Å². The molecule has 0 aliphatic rings. The monoisotopic (exact) mass is 268 g/mol. The zero-order valence-electron chi connectivity index (χ0n) is 9.87. The molecule has 0 saturated carbocycles. The van der Waals surface area contributed by atoms with Crippen LogP contribution in [0.2, 0.25) is 5.02 Å². The van der Waals surface area contributed by atoms with Crippen LogP contribution >= 0.6 is 23.8 Å². The van der Waals surface area contributed by atoms with Crippen LogP contribution in [0.25, 0.3) is 10.9 Å². The fraction of sp³-hybridized carbons (Fsp3) is 0.333. The van der Waals surface area contributed by atoms with Gasteiger partial charge in [-0.1, -0.05) is 11.6 Å². The third kappa shape index (κ3) is 2.15. The van der Waals surface area contributed by atoms with Crippen molar-refractivity contribution in [2.24, 2.45) is 0 Å². The Balaban J connectivity index is 2.99. The Morgan fingerprint density at radius 1 is 1.35 bits per heavy atom. The number of H-pyrrole nitrogens is 1. The summed E-state index contributed by atoms with van der Waals surface area (Å²) < 4.78 is 2.00. The van der Waals surface area contributed by atoms with Crippen LogP contribution in [0.15, 0.2) is 23.0 Å². The van der Waals surface area contributed by atoms with E-state index >= 15 is 0 Å². The van der Waals surface area contributed by atoms with Crippen molar-refractivity contribution in [1.29, 1.82) is 0 Å². The summed E-state index contributed by atoms with van der Waals surface area (Å²) in [6.07, 6.45) is 0. The van der Waals surface area contributed by atoms with E-state index in [1.165, 1.54) is 0 Å². The summed E-state index contributed by atoms with van der Waals surface area (Å²) >= 11 is 11.1. The minimum Gasteiger partial charge on any atom is -0.332 e. The number of rotatable bonds is 0. The quantitative estimate of drug-likeness (QED) is 0.743. The first kappa shape index (κ1) is 12.3. The number of benzene rings is 1. The van der Waals surface area contributed by atoms with Gasteiger partial charge in [0.05, 0.1) is 10.9 Å². The van der Waals surface area contributed by atoms with Gasteiger partial charge in [0, 0.05) is 10.6 Å². The molecule has 1 heterocycles. The van der Waals surface area contributed by atoms with E-state index < -0.39 is 0 Å². The molecule has 2 aromatic rings. The first-order chi connectivity index (χ1) is 7.80. The predicted octanol–water partition coefficient (Wildman–Crippen LogP) is 3.47. The van der Waals surface area contributed by atoms with Gasteiger partial charge in [0.1, 0.15) is 0 Å². The van der Waals surface area contributed by atoms with Gasteiger partial charge in [-0.15, -0.1) is 0 Å². The summed E-state index contributed by atoms with van der Waals surface area (Å²) in [4.78, 5) is 15.4. The lowest BCUT2D eigenvalue weighted by molar-refractivity contribution is 0.377. The van der Waals surface area contributed by atoms with Crippen molar-refractivity contribution in [3.63, 3.8) is 0 Å². The summed E-state index contributed by atoms with van der Waals surface area (Å²) in [5.41, 5.74) is 0.241. The largest absolute Gasteiger partial charge is 0.332 e. The lowest BCUT2D eigenvalue weighted by atomic mass is 10.1. The number of aromatic amines is 1. The van der Waals surface area contributed by atoms with Crippen LogP contribution in [0.1, 0.15) is 20.8 Å². The molecule has 0 fully saturated rings. The van der Waals surface area contributed by atoms with Crippen molar-refractivity contribution in [3.05, 3.63) is 38.3 Å². The van der Waals surface area contributed by atoms with Gasteiger partial charge in [-0.3, -0.25) is 9.36 Å². The number of aromatic nitrogens is 2. The highest BCUT2D eigenvalue weighted by Gasteiger charge is 2.18. The average Bonchev–Trinajstić information content (AvgIpc) is 2.17. The maximum atomic E-state index is 12.4. The van der Waals surface area contributed by atoms with Crippen molar-refractivity contribution in [2.45, 2.75) is 26.3 Å². The number of nitrogens with one attached hydrogen (secondary N) is 1. The molecule has 2 rings (SSSR count). The van der Waals surface area contributed by atoms with Crippen molar-refractivity contribution < 1.29 is 0 Å². The maximum absolute atomic E-state index is 12.4. The zero-order chi connectivity index (χ0) is 12.8. The number of fused-ring (bicyclic) bond motifs is 1. The molecule has 0 aliphatic carbocycles. The van der Waals surface area contributed by atoms with Crippen LogP contribution in [-0.4, -0.2) is 9.55 Å². The first-order valence-electron chi connectivity index (χ1n) is 5.26. The molecule has 0 amide bonds. The fourth-order valence-electron chi connectivity index (χ4n) is 1.80. The van der Waals surface area contributed by atoms with Crippen molar-refractivity contribution in [2.75, 3.05) is 0 Å². The van der Waals surface area contributed by atoms with Gasteiger partial charge in [-0.2, -0.15) is 0 Å². The van der Waals surface area contributed by atoms with Crippen LogP contribution in [0, 0.1) is 4.77 Å². The van der Waals surface area contributed by atoms with E-state index in [1.54, 1.807) is 22.8 Å². The molecule has 0 radical (unpaired) electrons. The number of nitrogens with zero attached hydrogens (tertiary/aromatic N) is 1. The summed E-state index contributed by atoms with van der Waals surface area (Å²) in [7, 11) is 0. The SMILES string of the molecule is CC(C)(C)n1c(=S)[nH]c2ccc(Cl)cc2c1=O. The van der Waals surface area contributed by atoms with Crippen LogP contribution in [0.4, 0.5) is 0 Å². The number of hydrogen-bond donors (Lipinski definition) is 1. The standard InChI is InChI=1S/C12H13ClN2OS/c1-12(2,3)15-10(16)8-6-7(13)4-5-9(8)14-11(15)17/h4-6H,1-3H3,(H,14,17). The van der Waals surface area contributed by atoms with Gasteiger partial charge >= 0.3 is 0 Å². The van der Waals surface area contributed by atoms with Gasteiger partial charge in [-0.05, 0) is 51.2 Å². The van der Waals surface area contributed by atoms with Gasteiger partial charge in [0.2, 0.25) is 0 Å². The van der Waals surface area contributed by atoms with Crippen molar-refractivity contribution in [1.82, 2.24) is 9.55 Å². The van der Waals surface area contributed by atoms with E-state index in [4.69, 9.17) is 23.8 Å². The second-order valence-corrected chi connectivity index (χ2v) is 5.75. The Morgan fingerprint density at radius 3 is 2.59 bits per heavy atom. The molecular formula is C12H13ClN2OS. The van der Waals surface area contributed by atoms with E-state index in [0.717, 1.165) is 0 Å². The fourth-order valence-corrected chi connectivity index (χ4v) is 2.43. The smallest absolute Gasteiger partial charge is 0.262 e. The molecule has 0 spiro atoms. The maximum Gasteiger partial charge on any atom is 0.262 e. The van der Waals surface area contributed by atoms with Gasteiger partial charge in [0.25, 0.3) is 5.56 Å². The predicted molar refractivity (Wildman–Crippen MR) is 73.4 cm³/mol. The second-order valence-electron chi connectivity index (χ2n) is 4.93. The molecule has 0 unspecified atom stereocenters. The molecule has 0 bridgehead atoms. The van der Waals surface area contributed by atoms with E-state index in [9.17, 15) is 4.79 Å². The van der Waals surface area contributed by atoms with E-state index in [2.05, 4.69) is 4.98 Å². The molecule has 5 heteroatoms. The van der Waals surface area contributed by atoms with Crippen LogP contribution in [0.5, 0.6) is 0 Å². The molecular weight excluding hydrogens is 256 g/mol. The molecule has 90 valence electrons. The second kappa shape index (κ2) is 3.96. The Labute approximate surface area is 109 Å². The Morgan fingerprint density at radius 2 is 2.00 bits per heavy atom.